The first kappa shape index (κ1) is 14.4. The van der Waals surface area contributed by atoms with Crippen LogP contribution in [0.3, 0.4) is 0 Å². The van der Waals surface area contributed by atoms with Crippen molar-refractivity contribution in [3.05, 3.63) is 58.3 Å². The van der Waals surface area contributed by atoms with E-state index >= 15 is 0 Å². The van der Waals surface area contributed by atoms with Crippen LogP contribution in [0.15, 0.2) is 46.9 Å². The molecule has 0 atom stereocenters. The highest BCUT2D eigenvalue weighted by molar-refractivity contribution is 6.00. The minimum atomic E-state index is -0.288. The van der Waals surface area contributed by atoms with Crippen LogP contribution in [0, 0.1) is 5.82 Å². The summed E-state index contributed by atoms with van der Waals surface area (Å²) in [6.45, 7) is 0. The molecule has 4 heteroatoms. The van der Waals surface area contributed by atoms with Crippen LogP contribution in [0.2, 0.25) is 0 Å². The predicted molar refractivity (Wildman–Crippen MR) is 82.0 cm³/mol. The molecule has 1 aromatic carbocycles. The van der Waals surface area contributed by atoms with Crippen molar-refractivity contribution in [3.63, 3.8) is 0 Å². The second-order valence-electron chi connectivity index (χ2n) is 6.35. The van der Waals surface area contributed by atoms with E-state index in [9.17, 15) is 14.0 Å². The Morgan fingerprint density at radius 2 is 1.35 bits per heavy atom. The number of hydrogen-bond donors (Lipinski definition) is 0. The third-order valence-electron chi connectivity index (χ3n) is 4.89. The zero-order chi connectivity index (χ0) is 16.0. The number of ketones is 2. The number of ether oxygens (including phenoxy) is 1. The lowest BCUT2D eigenvalue weighted by atomic mass is 9.74. The quantitative estimate of drug-likeness (QED) is 0.788. The van der Waals surface area contributed by atoms with Crippen LogP contribution in [-0.4, -0.2) is 11.6 Å². The summed E-state index contributed by atoms with van der Waals surface area (Å²) in [7, 11) is 0. The van der Waals surface area contributed by atoms with Crippen molar-refractivity contribution in [3.8, 4) is 0 Å². The van der Waals surface area contributed by atoms with Gasteiger partial charge < -0.3 is 4.74 Å². The average Bonchev–Trinajstić information content (AvgIpc) is 2.55. The number of rotatable bonds is 1. The van der Waals surface area contributed by atoms with Gasteiger partial charge in [0.15, 0.2) is 23.1 Å². The lowest BCUT2D eigenvalue weighted by Crippen LogP contribution is -2.29. The maximum Gasteiger partial charge on any atom is 0.198 e. The lowest BCUT2D eigenvalue weighted by molar-refractivity contribution is -0.122. The van der Waals surface area contributed by atoms with Crippen LogP contribution >= 0.6 is 0 Å². The van der Waals surface area contributed by atoms with Gasteiger partial charge in [-0.3, -0.25) is 9.59 Å². The van der Waals surface area contributed by atoms with Crippen molar-refractivity contribution < 1.29 is 18.7 Å². The Morgan fingerprint density at radius 1 is 0.826 bits per heavy atom. The monoisotopic (exact) mass is 312 g/mol. The molecule has 118 valence electrons. The van der Waals surface area contributed by atoms with E-state index in [0.717, 1.165) is 42.4 Å². The van der Waals surface area contributed by atoms with Gasteiger partial charge in [0, 0.05) is 18.8 Å². The molecule has 1 aromatic rings. The Bertz CT molecular complexity index is 713. The zero-order valence-corrected chi connectivity index (χ0v) is 12.7. The van der Waals surface area contributed by atoms with E-state index < -0.39 is 0 Å². The fraction of sp³-hybridized carbons (Fsp3) is 0.368. The van der Waals surface area contributed by atoms with Crippen LogP contribution < -0.4 is 0 Å². The molecule has 3 nitrogen and oxygen atoms in total. The van der Waals surface area contributed by atoms with Gasteiger partial charge in [0.05, 0.1) is 0 Å². The van der Waals surface area contributed by atoms with E-state index in [4.69, 9.17) is 4.74 Å². The second-order valence-corrected chi connectivity index (χ2v) is 6.35. The molecule has 0 N–H and O–H groups in total. The minimum absolute atomic E-state index is 0.0247. The topological polar surface area (TPSA) is 43.4 Å². The van der Waals surface area contributed by atoms with Gasteiger partial charge in [-0.1, -0.05) is 12.1 Å². The molecule has 0 unspecified atom stereocenters. The van der Waals surface area contributed by atoms with Crippen molar-refractivity contribution in [2.75, 3.05) is 0 Å². The molecular weight excluding hydrogens is 295 g/mol. The first-order chi connectivity index (χ1) is 11.1. The third-order valence-corrected chi connectivity index (χ3v) is 4.89. The number of halogens is 1. The summed E-state index contributed by atoms with van der Waals surface area (Å²) < 4.78 is 19.1. The normalized spacial score (nSPS) is 22.0. The minimum Gasteiger partial charge on any atom is -0.450 e. The first-order valence-electron chi connectivity index (χ1n) is 8.11. The fourth-order valence-corrected chi connectivity index (χ4v) is 3.86. The summed E-state index contributed by atoms with van der Waals surface area (Å²) in [5.74, 6) is 0.261. The largest absolute Gasteiger partial charge is 0.450 e. The van der Waals surface area contributed by atoms with Gasteiger partial charge in [-0.05, 0) is 54.5 Å². The molecule has 0 fully saturated rings. The highest BCUT2D eigenvalue weighted by Gasteiger charge is 2.40. The van der Waals surface area contributed by atoms with Gasteiger partial charge in [0.2, 0.25) is 0 Å². The van der Waals surface area contributed by atoms with Gasteiger partial charge >= 0.3 is 0 Å². The van der Waals surface area contributed by atoms with Crippen LogP contribution in [0.5, 0.6) is 0 Å². The molecule has 0 bridgehead atoms. The summed E-state index contributed by atoms with van der Waals surface area (Å²) >= 11 is 0. The second kappa shape index (κ2) is 5.44. The van der Waals surface area contributed by atoms with Gasteiger partial charge in [-0.15, -0.1) is 0 Å². The number of carbonyl (C=O) groups excluding carboxylic acids is 2. The molecule has 1 aliphatic heterocycles. The SMILES string of the molecule is O=C1CCCC2=C1OC1=C(CCCC1=O)C2c1ccc(F)cc1. The molecule has 23 heavy (non-hydrogen) atoms. The Kier molecular flexibility index (Phi) is 3.40. The van der Waals surface area contributed by atoms with Crippen molar-refractivity contribution >= 4 is 11.6 Å². The molecule has 1 heterocycles. The van der Waals surface area contributed by atoms with Crippen LogP contribution in [0.25, 0.3) is 0 Å². The average molecular weight is 312 g/mol. The maximum absolute atomic E-state index is 13.3. The molecule has 3 aliphatic rings. The number of allylic oxidation sites excluding steroid dienone is 4. The van der Waals surface area contributed by atoms with Crippen LogP contribution in [0.4, 0.5) is 4.39 Å². The van der Waals surface area contributed by atoms with Crippen molar-refractivity contribution in [1.82, 2.24) is 0 Å². The Hall–Kier alpha value is -2.23. The molecule has 0 saturated heterocycles. The molecule has 0 radical (unpaired) electrons. The number of Topliss-reactive ketones (excluding diaryl/α,β-unsaturated/α-hetero) is 2. The summed E-state index contributed by atoms with van der Waals surface area (Å²) in [5.41, 5.74) is 2.85. The van der Waals surface area contributed by atoms with Crippen molar-refractivity contribution in [2.24, 2.45) is 0 Å². The summed E-state index contributed by atoms with van der Waals surface area (Å²) in [6.07, 6.45) is 4.10. The fourth-order valence-electron chi connectivity index (χ4n) is 3.86. The van der Waals surface area contributed by atoms with Gasteiger partial charge in [0.1, 0.15) is 5.82 Å². The predicted octanol–water partition coefficient (Wildman–Crippen LogP) is 3.95. The van der Waals surface area contributed by atoms with Gasteiger partial charge in [-0.25, -0.2) is 4.39 Å². The van der Waals surface area contributed by atoms with Crippen LogP contribution in [0.1, 0.15) is 50.0 Å². The molecule has 0 aromatic heterocycles. The Morgan fingerprint density at radius 3 is 1.87 bits per heavy atom. The van der Waals surface area contributed by atoms with Crippen LogP contribution in [-0.2, 0) is 14.3 Å². The molecule has 0 amide bonds. The summed E-state index contributed by atoms with van der Waals surface area (Å²) in [6, 6.07) is 6.36. The molecule has 0 spiro atoms. The van der Waals surface area contributed by atoms with E-state index in [-0.39, 0.29) is 23.3 Å². The standard InChI is InChI=1S/C19H17FO3/c20-12-9-7-11(8-10-12)17-13-3-1-5-15(21)18(13)23-19-14(17)4-2-6-16(19)22/h7-10,17H,1-6H2. The summed E-state index contributed by atoms with van der Waals surface area (Å²) in [5, 5.41) is 0. The molecule has 0 saturated carbocycles. The van der Waals surface area contributed by atoms with E-state index in [1.807, 2.05) is 0 Å². The zero-order valence-electron chi connectivity index (χ0n) is 12.7. The maximum atomic E-state index is 13.3. The highest BCUT2D eigenvalue weighted by atomic mass is 19.1. The number of benzene rings is 1. The molecule has 2 aliphatic carbocycles. The van der Waals surface area contributed by atoms with Crippen molar-refractivity contribution in [1.29, 1.82) is 0 Å². The van der Waals surface area contributed by atoms with E-state index in [1.165, 1.54) is 12.1 Å². The van der Waals surface area contributed by atoms with Crippen molar-refractivity contribution in [2.45, 2.75) is 44.4 Å². The Balaban J connectivity index is 1.88. The number of carbonyl (C=O) groups is 2. The first-order valence-corrected chi connectivity index (χ1v) is 8.11. The summed E-state index contributed by atoms with van der Waals surface area (Å²) in [4.78, 5) is 24.5. The molecule has 4 rings (SSSR count). The Labute approximate surface area is 133 Å². The number of hydrogen-bond acceptors (Lipinski definition) is 3. The van der Waals surface area contributed by atoms with Gasteiger partial charge in [0.25, 0.3) is 0 Å². The highest BCUT2D eigenvalue weighted by Crippen LogP contribution is 2.48. The van der Waals surface area contributed by atoms with E-state index in [1.54, 1.807) is 12.1 Å². The van der Waals surface area contributed by atoms with Gasteiger partial charge in [-0.2, -0.15) is 0 Å². The lowest BCUT2D eigenvalue weighted by Gasteiger charge is -2.36. The van der Waals surface area contributed by atoms with E-state index in [0.29, 0.717) is 24.4 Å². The van der Waals surface area contributed by atoms with E-state index in [2.05, 4.69) is 0 Å². The smallest absolute Gasteiger partial charge is 0.198 e. The molecular formula is C19H17FO3. The third kappa shape index (κ3) is 2.33.